The van der Waals surface area contributed by atoms with Gasteiger partial charge in [-0.3, -0.25) is 0 Å². The normalized spacial score (nSPS) is 11.9. The number of hydrogen-bond donors (Lipinski definition) is 1. The molecule has 0 aromatic heterocycles. The predicted molar refractivity (Wildman–Crippen MR) is 80.0 cm³/mol. The van der Waals surface area contributed by atoms with Crippen molar-refractivity contribution in [3.63, 3.8) is 0 Å². The quantitative estimate of drug-likeness (QED) is 0.351. The summed E-state index contributed by atoms with van der Waals surface area (Å²) in [5, 5.41) is 8.45. The van der Waals surface area contributed by atoms with E-state index in [1.807, 2.05) is 6.11 Å². The average molecular weight is 252 g/mol. The second-order valence-electron chi connectivity index (χ2n) is 5.48. The molecule has 0 aromatic carbocycles. The lowest BCUT2D eigenvalue weighted by atomic mass is 10.0. The van der Waals surface area contributed by atoms with Crippen molar-refractivity contribution in [2.24, 2.45) is 5.92 Å². The Kier molecular flexibility index (Phi) is 13.9. The Hall–Kier alpha value is -0.640. The van der Waals surface area contributed by atoms with E-state index in [4.69, 9.17) is 5.11 Å². The second kappa shape index (κ2) is 14.4. The van der Waals surface area contributed by atoms with Gasteiger partial charge in [-0.05, 0) is 6.42 Å². The van der Waals surface area contributed by atoms with E-state index in [9.17, 15) is 0 Å². The standard InChI is InChI=1S/C17H32O/c1-3-4-5-6-7-8-9-10-11-12-13-14-17(2)15-16-18/h17-18H,3-14H2,1-2H3. The number of aliphatic hydroxyl groups is 1. The highest BCUT2D eigenvalue weighted by Crippen LogP contribution is 2.13. The van der Waals surface area contributed by atoms with Gasteiger partial charge < -0.3 is 5.11 Å². The molecule has 1 atom stereocenters. The number of hydrogen-bond acceptors (Lipinski definition) is 1. The maximum Gasteiger partial charge on any atom is 0.107 e. The van der Waals surface area contributed by atoms with Crippen LogP contribution in [0.15, 0.2) is 0 Å². The molecule has 0 aliphatic rings. The Labute approximate surface area is 114 Å². The minimum absolute atomic E-state index is 0.355. The molecule has 1 heteroatoms. The summed E-state index contributed by atoms with van der Waals surface area (Å²) in [4.78, 5) is 0. The third-order valence-corrected chi connectivity index (χ3v) is 3.55. The van der Waals surface area contributed by atoms with E-state index in [1.54, 1.807) is 0 Å². The SMILES string of the molecule is CCCCCCCCCCCCCC(C)C#CO. The van der Waals surface area contributed by atoms with Crippen LogP contribution < -0.4 is 0 Å². The van der Waals surface area contributed by atoms with E-state index in [-0.39, 0.29) is 0 Å². The van der Waals surface area contributed by atoms with Crippen LogP contribution in [0.3, 0.4) is 0 Å². The first kappa shape index (κ1) is 17.4. The van der Waals surface area contributed by atoms with Crippen molar-refractivity contribution in [2.75, 3.05) is 0 Å². The van der Waals surface area contributed by atoms with Crippen LogP contribution >= 0.6 is 0 Å². The van der Waals surface area contributed by atoms with E-state index in [0.29, 0.717) is 5.92 Å². The van der Waals surface area contributed by atoms with Gasteiger partial charge in [0.05, 0.1) is 0 Å². The molecule has 0 spiro atoms. The Morgan fingerprint density at radius 3 is 1.67 bits per heavy atom. The molecule has 0 aliphatic heterocycles. The van der Waals surface area contributed by atoms with Crippen molar-refractivity contribution >= 4 is 0 Å². The summed E-state index contributed by atoms with van der Waals surface area (Å²) in [6.07, 6.45) is 18.4. The van der Waals surface area contributed by atoms with E-state index < -0.39 is 0 Å². The van der Waals surface area contributed by atoms with Crippen LogP contribution in [0.5, 0.6) is 0 Å². The van der Waals surface area contributed by atoms with Crippen molar-refractivity contribution in [3.05, 3.63) is 0 Å². The van der Waals surface area contributed by atoms with Gasteiger partial charge in [0, 0.05) is 5.92 Å². The molecule has 0 bridgehead atoms. The molecule has 1 N–H and O–H groups in total. The Morgan fingerprint density at radius 2 is 1.22 bits per heavy atom. The number of rotatable bonds is 12. The van der Waals surface area contributed by atoms with Crippen LogP contribution in [-0.2, 0) is 0 Å². The summed E-state index contributed by atoms with van der Waals surface area (Å²) in [6.45, 7) is 4.35. The molecule has 18 heavy (non-hydrogen) atoms. The molecule has 0 radical (unpaired) electrons. The minimum Gasteiger partial charge on any atom is -0.462 e. The summed E-state index contributed by atoms with van der Waals surface area (Å²) in [5.41, 5.74) is 0. The van der Waals surface area contributed by atoms with Crippen molar-refractivity contribution in [1.29, 1.82) is 0 Å². The lowest BCUT2D eigenvalue weighted by Gasteiger charge is -2.04. The van der Waals surface area contributed by atoms with Gasteiger partial charge in [-0.2, -0.15) is 0 Å². The first-order valence-corrected chi connectivity index (χ1v) is 7.95. The fraction of sp³-hybridized carbons (Fsp3) is 0.882. The highest BCUT2D eigenvalue weighted by atomic mass is 16.2. The molecule has 1 nitrogen and oxygen atoms in total. The maximum absolute atomic E-state index is 8.45. The van der Waals surface area contributed by atoms with Gasteiger partial charge >= 0.3 is 0 Å². The Morgan fingerprint density at radius 1 is 0.778 bits per heavy atom. The van der Waals surface area contributed by atoms with Crippen molar-refractivity contribution in [3.8, 4) is 12.0 Å². The van der Waals surface area contributed by atoms with Crippen LogP contribution in [-0.4, -0.2) is 5.11 Å². The molecule has 0 saturated heterocycles. The topological polar surface area (TPSA) is 20.2 Å². The van der Waals surface area contributed by atoms with Crippen LogP contribution in [0.1, 0.15) is 90.9 Å². The van der Waals surface area contributed by atoms with E-state index >= 15 is 0 Å². The smallest absolute Gasteiger partial charge is 0.107 e. The molecule has 0 heterocycles. The molecule has 0 rings (SSSR count). The van der Waals surface area contributed by atoms with Crippen LogP contribution in [0, 0.1) is 17.9 Å². The first-order chi connectivity index (χ1) is 8.81. The van der Waals surface area contributed by atoms with Gasteiger partial charge in [-0.15, -0.1) is 0 Å². The Balaban J connectivity index is 3.04. The molecule has 106 valence electrons. The molecular formula is C17H32O. The highest BCUT2D eigenvalue weighted by molar-refractivity contribution is 4.94. The zero-order valence-electron chi connectivity index (χ0n) is 12.5. The molecule has 0 aliphatic carbocycles. The van der Waals surface area contributed by atoms with E-state index in [1.165, 1.54) is 70.6 Å². The molecule has 0 amide bonds. The molecule has 0 aromatic rings. The molecular weight excluding hydrogens is 220 g/mol. The number of unbranched alkanes of at least 4 members (excludes halogenated alkanes) is 10. The highest BCUT2D eigenvalue weighted by Gasteiger charge is 1.97. The fourth-order valence-corrected chi connectivity index (χ4v) is 2.30. The second-order valence-corrected chi connectivity index (χ2v) is 5.48. The van der Waals surface area contributed by atoms with E-state index in [2.05, 4.69) is 19.8 Å². The van der Waals surface area contributed by atoms with Crippen LogP contribution in [0.25, 0.3) is 0 Å². The van der Waals surface area contributed by atoms with Gasteiger partial charge in [0.2, 0.25) is 0 Å². The van der Waals surface area contributed by atoms with E-state index in [0.717, 1.165) is 6.42 Å². The molecule has 0 fully saturated rings. The largest absolute Gasteiger partial charge is 0.462 e. The zero-order chi connectivity index (χ0) is 13.5. The van der Waals surface area contributed by atoms with Gasteiger partial charge in [-0.25, -0.2) is 0 Å². The van der Waals surface area contributed by atoms with Crippen molar-refractivity contribution in [2.45, 2.75) is 90.9 Å². The van der Waals surface area contributed by atoms with Gasteiger partial charge in [0.25, 0.3) is 0 Å². The summed E-state index contributed by atoms with van der Waals surface area (Å²) in [5.74, 6) is 3.14. The summed E-state index contributed by atoms with van der Waals surface area (Å²) in [6, 6.07) is 0. The summed E-state index contributed by atoms with van der Waals surface area (Å²) >= 11 is 0. The van der Waals surface area contributed by atoms with Gasteiger partial charge in [-0.1, -0.05) is 90.4 Å². The van der Waals surface area contributed by atoms with Crippen LogP contribution in [0.4, 0.5) is 0 Å². The molecule has 1 unspecified atom stereocenters. The maximum atomic E-state index is 8.45. The van der Waals surface area contributed by atoms with Crippen LogP contribution in [0.2, 0.25) is 0 Å². The zero-order valence-corrected chi connectivity index (χ0v) is 12.5. The summed E-state index contributed by atoms with van der Waals surface area (Å²) in [7, 11) is 0. The monoisotopic (exact) mass is 252 g/mol. The average Bonchev–Trinajstić information content (AvgIpc) is 2.36. The predicted octanol–water partition coefficient (Wildman–Crippen LogP) is 5.66. The van der Waals surface area contributed by atoms with Gasteiger partial charge in [0.15, 0.2) is 0 Å². The lowest BCUT2D eigenvalue weighted by Crippen LogP contribution is -1.90. The van der Waals surface area contributed by atoms with Gasteiger partial charge in [0.1, 0.15) is 6.11 Å². The fourth-order valence-electron chi connectivity index (χ4n) is 2.30. The third-order valence-electron chi connectivity index (χ3n) is 3.55. The summed E-state index contributed by atoms with van der Waals surface area (Å²) < 4.78 is 0. The Bertz CT molecular complexity index is 211. The minimum atomic E-state index is 0.355. The number of aliphatic hydroxyl groups excluding tert-OH is 1. The third kappa shape index (κ3) is 13.4. The first-order valence-electron chi connectivity index (χ1n) is 7.95. The van der Waals surface area contributed by atoms with Crippen molar-refractivity contribution < 1.29 is 5.11 Å². The molecule has 0 saturated carbocycles. The van der Waals surface area contributed by atoms with Crippen molar-refractivity contribution in [1.82, 2.24) is 0 Å². The lowest BCUT2D eigenvalue weighted by molar-refractivity contribution is 0.505.